The first-order valence-electron chi connectivity index (χ1n) is 5.84. The quantitative estimate of drug-likeness (QED) is 0.769. The molecule has 0 bridgehead atoms. The minimum atomic E-state index is -2.99. The van der Waals surface area contributed by atoms with Gasteiger partial charge in [0.15, 0.2) is 9.84 Å². The van der Waals surface area contributed by atoms with Gasteiger partial charge in [0, 0.05) is 25.4 Å². The third kappa shape index (κ3) is 3.43. The van der Waals surface area contributed by atoms with E-state index in [4.69, 9.17) is 0 Å². The fourth-order valence-corrected chi connectivity index (χ4v) is 2.27. The molecule has 16 heavy (non-hydrogen) atoms. The second kappa shape index (κ2) is 5.02. The minimum Gasteiger partial charge on any atom is -0.314 e. The van der Waals surface area contributed by atoms with Gasteiger partial charge < -0.3 is 10.2 Å². The van der Waals surface area contributed by atoms with Gasteiger partial charge in [0.25, 0.3) is 0 Å². The van der Waals surface area contributed by atoms with Crippen molar-refractivity contribution < 1.29 is 8.42 Å². The number of nitrogens with one attached hydrogen (secondary N) is 1. The molecule has 1 saturated heterocycles. The molecule has 1 rings (SSSR count). The maximum atomic E-state index is 11.5. The smallest absolute Gasteiger partial charge is 0.153 e. The molecule has 0 radical (unpaired) electrons. The molecule has 4 nitrogen and oxygen atoms in total. The lowest BCUT2D eigenvalue weighted by Gasteiger charge is -2.25. The van der Waals surface area contributed by atoms with Crippen LogP contribution in [0.5, 0.6) is 0 Å². The molecule has 1 atom stereocenters. The van der Waals surface area contributed by atoms with Crippen LogP contribution in [0.2, 0.25) is 0 Å². The van der Waals surface area contributed by atoms with Crippen LogP contribution in [0.15, 0.2) is 0 Å². The summed E-state index contributed by atoms with van der Waals surface area (Å²) in [7, 11) is -0.862. The fourth-order valence-electron chi connectivity index (χ4n) is 1.91. The van der Waals surface area contributed by atoms with Gasteiger partial charge in [-0.2, -0.15) is 0 Å². The zero-order valence-corrected chi connectivity index (χ0v) is 11.6. The van der Waals surface area contributed by atoms with Gasteiger partial charge in [-0.05, 0) is 40.3 Å². The van der Waals surface area contributed by atoms with E-state index in [1.807, 2.05) is 0 Å². The molecule has 0 aromatic rings. The van der Waals surface area contributed by atoms with E-state index < -0.39 is 14.6 Å². The first kappa shape index (κ1) is 13.9. The van der Waals surface area contributed by atoms with Gasteiger partial charge in [-0.3, -0.25) is 0 Å². The van der Waals surface area contributed by atoms with Gasteiger partial charge in [-0.25, -0.2) is 8.42 Å². The van der Waals surface area contributed by atoms with E-state index in [0.29, 0.717) is 12.6 Å². The molecule has 0 aromatic heterocycles. The van der Waals surface area contributed by atoms with E-state index in [1.165, 1.54) is 19.1 Å². The molecule has 96 valence electrons. The summed E-state index contributed by atoms with van der Waals surface area (Å²) in [5, 5.41) is 3.28. The Morgan fingerprint density at radius 3 is 2.50 bits per heavy atom. The number of likely N-dealkylation sites (tertiary alicyclic amines) is 1. The van der Waals surface area contributed by atoms with Crippen LogP contribution in [0.4, 0.5) is 0 Å². The van der Waals surface area contributed by atoms with Crippen molar-refractivity contribution in [2.24, 2.45) is 0 Å². The van der Waals surface area contributed by atoms with Gasteiger partial charge >= 0.3 is 0 Å². The largest absolute Gasteiger partial charge is 0.314 e. The lowest BCUT2D eigenvalue weighted by Crippen LogP contribution is -2.45. The Morgan fingerprint density at radius 2 is 2.06 bits per heavy atom. The summed E-state index contributed by atoms with van der Waals surface area (Å²) < 4.78 is 22.3. The summed E-state index contributed by atoms with van der Waals surface area (Å²) in [6.45, 7) is 6.11. The molecule has 0 amide bonds. The molecular weight excluding hydrogens is 224 g/mol. The van der Waals surface area contributed by atoms with Crippen molar-refractivity contribution in [3.8, 4) is 0 Å². The highest BCUT2D eigenvalue weighted by atomic mass is 32.2. The van der Waals surface area contributed by atoms with Crippen LogP contribution in [-0.4, -0.2) is 57.0 Å². The van der Waals surface area contributed by atoms with Crippen LogP contribution in [-0.2, 0) is 9.84 Å². The summed E-state index contributed by atoms with van der Waals surface area (Å²) in [5.74, 6) is 0. The standard InChI is InChI=1S/C11H24N2O2S/c1-11(2,16(4,14)15)9-12-8-10-6-5-7-13(10)3/h10,12H,5-9H2,1-4H3. The Hall–Kier alpha value is -0.130. The van der Waals surface area contributed by atoms with Crippen LogP contribution < -0.4 is 5.32 Å². The molecule has 0 aromatic carbocycles. The third-order valence-electron chi connectivity index (χ3n) is 3.61. The van der Waals surface area contributed by atoms with Crippen molar-refractivity contribution >= 4 is 9.84 Å². The average Bonchev–Trinajstić information content (AvgIpc) is 2.49. The molecule has 0 aliphatic carbocycles. The number of likely N-dealkylation sites (N-methyl/N-ethyl adjacent to an activating group) is 1. The SMILES string of the molecule is CN1CCCC1CNCC(C)(C)S(C)(=O)=O. The highest BCUT2D eigenvalue weighted by Crippen LogP contribution is 2.16. The minimum absolute atomic E-state index is 0.524. The van der Waals surface area contributed by atoms with Gasteiger partial charge in [0.1, 0.15) is 0 Å². The number of rotatable bonds is 5. The van der Waals surface area contributed by atoms with Gasteiger partial charge in [-0.1, -0.05) is 0 Å². The summed E-state index contributed by atoms with van der Waals surface area (Å²) in [4.78, 5) is 2.33. The number of nitrogens with zero attached hydrogens (tertiary/aromatic N) is 1. The van der Waals surface area contributed by atoms with Crippen LogP contribution in [0.1, 0.15) is 26.7 Å². The zero-order chi connectivity index (χ0) is 12.4. The van der Waals surface area contributed by atoms with Crippen LogP contribution in [0.25, 0.3) is 0 Å². The molecule has 0 spiro atoms. The fraction of sp³-hybridized carbons (Fsp3) is 1.00. The van der Waals surface area contributed by atoms with E-state index >= 15 is 0 Å². The van der Waals surface area contributed by atoms with Crippen LogP contribution in [0, 0.1) is 0 Å². The van der Waals surface area contributed by atoms with Gasteiger partial charge in [0.05, 0.1) is 4.75 Å². The maximum Gasteiger partial charge on any atom is 0.153 e. The summed E-state index contributed by atoms with van der Waals surface area (Å²) in [6.07, 6.45) is 3.76. The Kier molecular flexibility index (Phi) is 4.37. The summed E-state index contributed by atoms with van der Waals surface area (Å²) in [5.41, 5.74) is 0. The first-order valence-corrected chi connectivity index (χ1v) is 7.74. The van der Waals surface area contributed by atoms with Gasteiger partial charge in [-0.15, -0.1) is 0 Å². The van der Waals surface area contributed by atoms with Crippen molar-refractivity contribution in [3.05, 3.63) is 0 Å². The zero-order valence-electron chi connectivity index (χ0n) is 10.8. The predicted octanol–water partition coefficient (Wildman–Crippen LogP) is 0.493. The first-order chi connectivity index (χ1) is 7.24. The highest BCUT2D eigenvalue weighted by molar-refractivity contribution is 7.92. The highest BCUT2D eigenvalue weighted by Gasteiger charge is 2.30. The molecule has 1 aliphatic heterocycles. The van der Waals surface area contributed by atoms with Crippen molar-refractivity contribution in [2.75, 3.05) is 32.9 Å². The molecule has 1 N–H and O–H groups in total. The maximum absolute atomic E-state index is 11.5. The molecule has 1 fully saturated rings. The number of hydrogen-bond donors (Lipinski definition) is 1. The van der Waals surface area contributed by atoms with Crippen LogP contribution >= 0.6 is 0 Å². The van der Waals surface area contributed by atoms with Crippen molar-refractivity contribution in [1.29, 1.82) is 0 Å². The Labute approximate surface area is 99.3 Å². The Balaban J connectivity index is 2.35. The topological polar surface area (TPSA) is 49.4 Å². The molecule has 5 heteroatoms. The summed E-state index contributed by atoms with van der Waals surface area (Å²) >= 11 is 0. The van der Waals surface area contributed by atoms with Crippen molar-refractivity contribution in [1.82, 2.24) is 10.2 Å². The van der Waals surface area contributed by atoms with E-state index in [9.17, 15) is 8.42 Å². The van der Waals surface area contributed by atoms with E-state index in [2.05, 4.69) is 17.3 Å². The molecule has 1 aliphatic rings. The average molecular weight is 248 g/mol. The lowest BCUT2D eigenvalue weighted by atomic mass is 10.2. The second-order valence-corrected chi connectivity index (χ2v) is 8.09. The molecular formula is C11H24N2O2S. The van der Waals surface area contributed by atoms with Crippen molar-refractivity contribution in [2.45, 2.75) is 37.5 Å². The number of hydrogen-bond acceptors (Lipinski definition) is 4. The third-order valence-corrected chi connectivity index (χ3v) is 5.76. The summed E-state index contributed by atoms with van der Waals surface area (Å²) in [6, 6.07) is 0.565. The lowest BCUT2D eigenvalue weighted by molar-refractivity contribution is 0.298. The molecule has 1 heterocycles. The molecule has 0 saturated carbocycles. The van der Waals surface area contributed by atoms with E-state index in [-0.39, 0.29) is 0 Å². The number of sulfone groups is 1. The van der Waals surface area contributed by atoms with Crippen LogP contribution in [0.3, 0.4) is 0 Å². The Morgan fingerprint density at radius 1 is 1.44 bits per heavy atom. The predicted molar refractivity (Wildman–Crippen MR) is 67.4 cm³/mol. The Bertz CT molecular complexity index is 325. The van der Waals surface area contributed by atoms with Gasteiger partial charge in [0.2, 0.25) is 0 Å². The monoisotopic (exact) mass is 248 g/mol. The van der Waals surface area contributed by atoms with Crippen molar-refractivity contribution in [3.63, 3.8) is 0 Å². The second-order valence-electron chi connectivity index (χ2n) is 5.44. The normalized spacial score (nSPS) is 23.9. The molecule has 1 unspecified atom stereocenters. The van der Waals surface area contributed by atoms with E-state index in [0.717, 1.165) is 13.1 Å². The van der Waals surface area contributed by atoms with E-state index in [1.54, 1.807) is 13.8 Å².